The van der Waals surface area contributed by atoms with Crippen LogP contribution in [0.4, 0.5) is 0 Å². The monoisotopic (exact) mass is 366 g/mol. The molecule has 1 saturated carbocycles. The maximum absolute atomic E-state index is 10.7. The summed E-state index contributed by atoms with van der Waals surface area (Å²) in [7, 11) is 0. The predicted molar refractivity (Wildman–Crippen MR) is 102 cm³/mol. The molecule has 7 nitrogen and oxygen atoms in total. The van der Waals surface area contributed by atoms with Crippen LogP contribution in [0, 0.1) is 6.92 Å². The van der Waals surface area contributed by atoms with Gasteiger partial charge in [-0.25, -0.2) is 9.97 Å². The standard InChI is InChI=1S/C20H22N4O3/c1-12-14-7-8-24(20(14)23-11-22-12)15-9-17(19(26)18(15)25)27-16-6-4-3-5-13(16)10-21-2/h3-8,11,15,17-19,25-26H,2,9-10H2,1H3/t15-,17?,18+,19-/m1/s1. The molecule has 1 fully saturated rings. The summed E-state index contributed by atoms with van der Waals surface area (Å²) in [6, 6.07) is 9.14. The molecule has 1 aliphatic rings. The van der Waals surface area contributed by atoms with Crippen LogP contribution in [-0.2, 0) is 6.54 Å². The van der Waals surface area contributed by atoms with E-state index in [1.54, 1.807) is 0 Å². The molecule has 0 spiro atoms. The normalized spacial score (nSPS) is 25.0. The molecule has 1 unspecified atom stereocenters. The van der Waals surface area contributed by atoms with Crippen LogP contribution in [0.2, 0.25) is 0 Å². The third-order valence-corrected chi connectivity index (χ3v) is 5.20. The van der Waals surface area contributed by atoms with Gasteiger partial charge in [-0.15, -0.1) is 0 Å². The molecule has 3 aromatic rings. The largest absolute Gasteiger partial charge is 0.487 e. The van der Waals surface area contributed by atoms with Crippen LogP contribution in [0.25, 0.3) is 11.0 Å². The van der Waals surface area contributed by atoms with Gasteiger partial charge in [-0.3, -0.25) is 4.99 Å². The number of ether oxygens (including phenoxy) is 1. The fourth-order valence-electron chi connectivity index (χ4n) is 3.76. The summed E-state index contributed by atoms with van der Waals surface area (Å²) >= 11 is 0. The molecule has 0 radical (unpaired) electrons. The van der Waals surface area contributed by atoms with Gasteiger partial charge in [0.25, 0.3) is 0 Å². The summed E-state index contributed by atoms with van der Waals surface area (Å²) in [6.07, 6.45) is 1.37. The van der Waals surface area contributed by atoms with E-state index >= 15 is 0 Å². The quantitative estimate of drug-likeness (QED) is 0.674. The second kappa shape index (κ2) is 7.09. The van der Waals surface area contributed by atoms with Crippen LogP contribution in [0.5, 0.6) is 5.75 Å². The molecule has 1 aliphatic carbocycles. The molecule has 4 atom stereocenters. The van der Waals surface area contributed by atoms with E-state index in [1.807, 2.05) is 48.0 Å². The van der Waals surface area contributed by atoms with Gasteiger partial charge in [0.1, 0.15) is 36.0 Å². The Hall–Kier alpha value is -2.77. The van der Waals surface area contributed by atoms with Crippen molar-refractivity contribution in [1.82, 2.24) is 14.5 Å². The highest BCUT2D eigenvalue weighted by atomic mass is 16.5. The van der Waals surface area contributed by atoms with Crippen LogP contribution in [0.3, 0.4) is 0 Å². The Morgan fingerprint density at radius 2 is 2.04 bits per heavy atom. The number of nitrogens with zero attached hydrogens (tertiary/aromatic N) is 4. The zero-order valence-corrected chi connectivity index (χ0v) is 15.1. The van der Waals surface area contributed by atoms with Gasteiger partial charge in [0.05, 0.1) is 18.3 Å². The Kier molecular flexibility index (Phi) is 4.63. The third-order valence-electron chi connectivity index (χ3n) is 5.20. The van der Waals surface area contributed by atoms with Crippen LogP contribution < -0.4 is 4.74 Å². The van der Waals surface area contributed by atoms with E-state index in [-0.39, 0.29) is 6.04 Å². The van der Waals surface area contributed by atoms with E-state index in [1.165, 1.54) is 6.33 Å². The van der Waals surface area contributed by atoms with E-state index in [0.717, 1.165) is 22.3 Å². The van der Waals surface area contributed by atoms with Crippen molar-refractivity contribution in [2.75, 3.05) is 0 Å². The Balaban J connectivity index is 1.61. The summed E-state index contributed by atoms with van der Waals surface area (Å²) in [5.41, 5.74) is 2.52. The minimum atomic E-state index is -1.000. The van der Waals surface area contributed by atoms with Gasteiger partial charge < -0.3 is 19.5 Å². The van der Waals surface area contributed by atoms with E-state index in [9.17, 15) is 10.2 Å². The Morgan fingerprint density at radius 3 is 2.85 bits per heavy atom. The molecular weight excluding hydrogens is 344 g/mol. The minimum Gasteiger partial charge on any atom is -0.487 e. The molecule has 0 bridgehead atoms. The highest BCUT2D eigenvalue weighted by molar-refractivity contribution is 5.78. The van der Waals surface area contributed by atoms with Crippen LogP contribution >= 0.6 is 0 Å². The van der Waals surface area contributed by atoms with E-state index < -0.39 is 18.3 Å². The first-order valence-electron chi connectivity index (χ1n) is 8.91. The number of aryl methyl sites for hydroxylation is 1. The van der Waals surface area contributed by atoms with Crippen LogP contribution in [-0.4, -0.2) is 49.8 Å². The number of benzene rings is 1. The highest BCUT2D eigenvalue weighted by Gasteiger charge is 2.44. The second-order valence-electron chi connectivity index (χ2n) is 6.85. The lowest BCUT2D eigenvalue weighted by Crippen LogP contribution is -2.34. The lowest BCUT2D eigenvalue weighted by atomic mass is 10.2. The lowest BCUT2D eigenvalue weighted by Gasteiger charge is -2.19. The molecule has 27 heavy (non-hydrogen) atoms. The smallest absolute Gasteiger partial charge is 0.143 e. The maximum Gasteiger partial charge on any atom is 0.143 e. The van der Waals surface area contributed by atoms with Crippen molar-refractivity contribution >= 4 is 17.8 Å². The first kappa shape index (κ1) is 17.6. The van der Waals surface area contributed by atoms with E-state index in [4.69, 9.17) is 4.74 Å². The summed E-state index contributed by atoms with van der Waals surface area (Å²) < 4.78 is 7.96. The molecule has 140 valence electrons. The molecule has 7 heteroatoms. The van der Waals surface area contributed by atoms with Gasteiger partial charge in [0, 0.05) is 23.6 Å². The first-order valence-corrected chi connectivity index (χ1v) is 8.91. The van der Waals surface area contributed by atoms with Gasteiger partial charge in [-0.2, -0.15) is 0 Å². The summed E-state index contributed by atoms with van der Waals surface area (Å²) in [4.78, 5) is 12.5. The zero-order chi connectivity index (χ0) is 19.0. The minimum absolute atomic E-state index is 0.332. The molecule has 0 saturated heterocycles. The van der Waals surface area contributed by atoms with Gasteiger partial charge in [0.2, 0.25) is 0 Å². The molecule has 2 heterocycles. The number of hydrogen-bond acceptors (Lipinski definition) is 6. The Bertz CT molecular complexity index is 971. The van der Waals surface area contributed by atoms with Gasteiger partial charge >= 0.3 is 0 Å². The van der Waals surface area contributed by atoms with Crippen molar-refractivity contribution in [3.63, 3.8) is 0 Å². The number of para-hydroxylation sites is 1. The van der Waals surface area contributed by atoms with Crippen molar-refractivity contribution in [2.45, 2.75) is 44.2 Å². The van der Waals surface area contributed by atoms with Crippen LogP contribution in [0.15, 0.2) is 47.8 Å². The average molecular weight is 366 g/mol. The van der Waals surface area contributed by atoms with E-state index in [2.05, 4.69) is 21.7 Å². The number of aliphatic hydroxyl groups is 2. The number of aliphatic hydroxyl groups excluding tert-OH is 2. The van der Waals surface area contributed by atoms with Crippen molar-refractivity contribution in [2.24, 2.45) is 4.99 Å². The first-order chi connectivity index (χ1) is 13.1. The molecule has 1 aromatic carbocycles. The molecule has 2 aromatic heterocycles. The highest BCUT2D eigenvalue weighted by Crippen LogP contribution is 2.36. The number of rotatable bonds is 5. The number of aromatic nitrogens is 3. The number of aliphatic imine (C=N–C) groups is 1. The fraction of sp³-hybridized carbons (Fsp3) is 0.350. The lowest BCUT2D eigenvalue weighted by molar-refractivity contribution is -0.0165. The third kappa shape index (κ3) is 3.09. The maximum atomic E-state index is 10.7. The summed E-state index contributed by atoms with van der Waals surface area (Å²) in [6.45, 7) is 5.88. The van der Waals surface area contributed by atoms with Crippen molar-refractivity contribution in [1.29, 1.82) is 0 Å². The molecule has 0 aliphatic heterocycles. The Labute approximate surface area is 157 Å². The second-order valence-corrected chi connectivity index (χ2v) is 6.85. The SMILES string of the molecule is C=NCc1ccccc1OC1C[C@@H](n2ccc3c(C)ncnc32)[C@H](O)[C@@H]1O. The molecule has 4 rings (SSSR count). The van der Waals surface area contributed by atoms with Crippen molar-refractivity contribution in [3.05, 3.63) is 54.1 Å². The van der Waals surface area contributed by atoms with Crippen molar-refractivity contribution < 1.29 is 14.9 Å². The van der Waals surface area contributed by atoms with Crippen LogP contribution in [0.1, 0.15) is 23.7 Å². The van der Waals surface area contributed by atoms with Crippen molar-refractivity contribution in [3.8, 4) is 5.75 Å². The molecule has 0 amide bonds. The summed E-state index contributed by atoms with van der Waals surface area (Å²) in [5, 5.41) is 22.2. The molecule has 2 N–H and O–H groups in total. The average Bonchev–Trinajstić information content (AvgIpc) is 3.21. The summed E-state index contributed by atoms with van der Waals surface area (Å²) in [5.74, 6) is 0.650. The van der Waals surface area contributed by atoms with Gasteiger partial charge in [-0.05, 0) is 25.8 Å². The topological polar surface area (TPSA) is 92.8 Å². The number of fused-ring (bicyclic) bond motifs is 1. The van der Waals surface area contributed by atoms with Gasteiger partial charge in [-0.1, -0.05) is 18.2 Å². The molecular formula is C20H22N4O3. The predicted octanol–water partition coefficient (Wildman–Crippen LogP) is 2.05. The van der Waals surface area contributed by atoms with Gasteiger partial charge in [0.15, 0.2) is 0 Å². The zero-order valence-electron chi connectivity index (χ0n) is 15.1. The number of hydrogen-bond donors (Lipinski definition) is 2. The van der Waals surface area contributed by atoms with E-state index in [0.29, 0.717) is 18.7 Å². The Morgan fingerprint density at radius 1 is 1.22 bits per heavy atom. The fourth-order valence-corrected chi connectivity index (χ4v) is 3.76.